The maximum absolute atomic E-state index is 13.2. The molecule has 3 aromatic rings. The SMILES string of the molecule is Cc1c(Cl)cccc1NC1=C(c2cccs2)C(=O)N(c2ccccc2)C1=O. The Morgan fingerprint density at radius 3 is 2.41 bits per heavy atom. The minimum Gasteiger partial charge on any atom is -0.350 e. The van der Waals surface area contributed by atoms with Gasteiger partial charge in [0.25, 0.3) is 11.8 Å². The van der Waals surface area contributed by atoms with Gasteiger partial charge in [0.05, 0.1) is 11.3 Å². The predicted molar refractivity (Wildman–Crippen MR) is 110 cm³/mol. The van der Waals surface area contributed by atoms with Crippen molar-refractivity contribution in [2.45, 2.75) is 6.92 Å². The van der Waals surface area contributed by atoms with E-state index in [2.05, 4.69) is 5.32 Å². The van der Waals surface area contributed by atoms with Crippen LogP contribution < -0.4 is 10.2 Å². The topological polar surface area (TPSA) is 49.4 Å². The molecule has 0 fully saturated rings. The van der Waals surface area contributed by atoms with Crippen molar-refractivity contribution in [1.82, 2.24) is 0 Å². The van der Waals surface area contributed by atoms with Gasteiger partial charge in [-0.05, 0) is 48.2 Å². The number of para-hydroxylation sites is 1. The number of rotatable bonds is 4. The number of nitrogens with zero attached hydrogens (tertiary/aromatic N) is 1. The molecule has 1 aliphatic rings. The van der Waals surface area contributed by atoms with Crippen molar-refractivity contribution >= 4 is 51.7 Å². The number of hydrogen-bond donors (Lipinski definition) is 1. The van der Waals surface area contributed by atoms with Gasteiger partial charge >= 0.3 is 0 Å². The quantitative estimate of drug-likeness (QED) is 0.626. The molecule has 0 bridgehead atoms. The molecule has 0 radical (unpaired) electrons. The van der Waals surface area contributed by atoms with Gasteiger partial charge in [-0.1, -0.05) is 41.9 Å². The number of carbonyl (C=O) groups excluding carboxylic acids is 2. The zero-order valence-corrected chi connectivity index (χ0v) is 16.0. The number of hydrogen-bond acceptors (Lipinski definition) is 4. The molecule has 134 valence electrons. The first-order valence-corrected chi connectivity index (χ1v) is 9.58. The van der Waals surface area contributed by atoms with E-state index in [9.17, 15) is 9.59 Å². The second-order valence-corrected chi connectivity index (χ2v) is 7.40. The molecule has 0 atom stereocenters. The van der Waals surface area contributed by atoms with Crippen molar-refractivity contribution in [1.29, 1.82) is 0 Å². The first-order chi connectivity index (χ1) is 13.1. The lowest BCUT2D eigenvalue weighted by molar-refractivity contribution is -0.120. The van der Waals surface area contributed by atoms with Crippen molar-refractivity contribution in [2.75, 3.05) is 10.2 Å². The molecule has 6 heteroatoms. The van der Waals surface area contributed by atoms with Gasteiger partial charge in [-0.3, -0.25) is 9.59 Å². The van der Waals surface area contributed by atoms with Crippen LogP contribution in [-0.4, -0.2) is 11.8 Å². The normalized spacial score (nSPS) is 14.2. The largest absolute Gasteiger partial charge is 0.350 e. The zero-order chi connectivity index (χ0) is 19.0. The van der Waals surface area contributed by atoms with Crippen LogP contribution in [0.15, 0.2) is 71.7 Å². The fourth-order valence-corrected chi connectivity index (χ4v) is 3.93. The van der Waals surface area contributed by atoms with Crippen LogP contribution in [0.5, 0.6) is 0 Å². The number of amides is 2. The molecular formula is C21H15ClN2O2S. The lowest BCUT2D eigenvalue weighted by Gasteiger charge is -2.15. The van der Waals surface area contributed by atoms with Crippen LogP contribution in [0.2, 0.25) is 5.02 Å². The van der Waals surface area contributed by atoms with E-state index in [1.54, 1.807) is 36.4 Å². The third-order valence-electron chi connectivity index (χ3n) is 4.39. The summed E-state index contributed by atoms with van der Waals surface area (Å²) in [6.45, 7) is 1.87. The van der Waals surface area contributed by atoms with Crippen LogP contribution in [0, 0.1) is 6.92 Å². The van der Waals surface area contributed by atoms with Crippen LogP contribution in [0.3, 0.4) is 0 Å². The summed E-state index contributed by atoms with van der Waals surface area (Å²) in [5.74, 6) is -0.718. The van der Waals surface area contributed by atoms with Crippen molar-refractivity contribution < 1.29 is 9.59 Å². The summed E-state index contributed by atoms with van der Waals surface area (Å²) in [7, 11) is 0. The van der Waals surface area contributed by atoms with Crippen LogP contribution in [-0.2, 0) is 9.59 Å². The van der Waals surface area contributed by atoms with E-state index in [4.69, 9.17) is 11.6 Å². The highest BCUT2D eigenvalue weighted by atomic mass is 35.5. The van der Waals surface area contributed by atoms with Gasteiger partial charge in [-0.25, -0.2) is 4.90 Å². The summed E-state index contributed by atoms with van der Waals surface area (Å²) >= 11 is 7.63. The molecule has 2 aromatic carbocycles. The van der Waals surface area contributed by atoms with E-state index in [0.29, 0.717) is 22.0 Å². The highest BCUT2D eigenvalue weighted by Crippen LogP contribution is 2.36. The molecule has 0 saturated heterocycles. The third kappa shape index (κ3) is 3.05. The number of nitrogens with one attached hydrogen (secondary N) is 1. The average Bonchev–Trinajstić information content (AvgIpc) is 3.27. The number of benzene rings is 2. The van der Waals surface area contributed by atoms with Gasteiger partial charge in [0.15, 0.2) is 0 Å². The Hall–Kier alpha value is -2.89. The maximum atomic E-state index is 13.2. The van der Waals surface area contributed by atoms with Gasteiger partial charge in [0.1, 0.15) is 5.70 Å². The Bertz CT molecular complexity index is 1060. The van der Waals surface area contributed by atoms with Crippen LogP contribution in [0.1, 0.15) is 10.4 Å². The van der Waals surface area contributed by atoms with Gasteiger partial charge in [0.2, 0.25) is 0 Å². The molecule has 1 aromatic heterocycles. The summed E-state index contributed by atoms with van der Waals surface area (Å²) in [4.78, 5) is 28.3. The van der Waals surface area contributed by atoms with E-state index >= 15 is 0 Å². The summed E-state index contributed by atoms with van der Waals surface area (Å²) in [6, 6.07) is 18.1. The highest BCUT2D eigenvalue weighted by Gasteiger charge is 2.40. The monoisotopic (exact) mass is 394 g/mol. The first-order valence-electron chi connectivity index (χ1n) is 8.32. The molecule has 27 heavy (non-hydrogen) atoms. The average molecular weight is 395 g/mol. The van der Waals surface area contributed by atoms with Crippen molar-refractivity contribution in [3.05, 3.63) is 87.2 Å². The lowest BCUT2D eigenvalue weighted by Crippen LogP contribution is -2.32. The van der Waals surface area contributed by atoms with E-state index in [0.717, 1.165) is 10.4 Å². The molecule has 2 heterocycles. The standard InChI is InChI=1S/C21H15ClN2O2S/c1-13-15(22)9-5-10-16(13)23-19-18(17-11-6-12-27-17)20(25)24(21(19)26)14-7-3-2-4-8-14/h2-12,23H,1H3. The Morgan fingerprint density at radius 1 is 0.926 bits per heavy atom. The Balaban J connectivity index is 1.83. The molecule has 0 unspecified atom stereocenters. The highest BCUT2D eigenvalue weighted by molar-refractivity contribution is 7.11. The minimum absolute atomic E-state index is 0.261. The summed E-state index contributed by atoms with van der Waals surface area (Å²) in [5.41, 5.74) is 2.69. The van der Waals surface area contributed by atoms with E-state index in [-0.39, 0.29) is 17.5 Å². The van der Waals surface area contributed by atoms with Crippen LogP contribution >= 0.6 is 22.9 Å². The smallest absolute Gasteiger partial charge is 0.282 e. The Morgan fingerprint density at radius 2 is 1.70 bits per heavy atom. The van der Waals surface area contributed by atoms with Crippen molar-refractivity contribution in [3.8, 4) is 0 Å². The number of anilines is 2. The molecule has 1 N–H and O–H groups in total. The molecule has 2 amide bonds. The minimum atomic E-state index is -0.381. The van der Waals surface area contributed by atoms with Crippen molar-refractivity contribution in [2.24, 2.45) is 0 Å². The maximum Gasteiger partial charge on any atom is 0.282 e. The van der Waals surface area contributed by atoms with Gasteiger partial charge < -0.3 is 5.32 Å². The van der Waals surface area contributed by atoms with E-state index < -0.39 is 0 Å². The van der Waals surface area contributed by atoms with Gasteiger partial charge in [0, 0.05) is 15.6 Å². The molecule has 0 spiro atoms. The Labute approximate surface area is 165 Å². The summed E-state index contributed by atoms with van der Waals surface area (Å²) < 4.78 is 0. The number of thiophene rings is 1. The molecule has 4 rings (SSSR count). The van der Waals surface area contributed by atoms with Gasteiger partial charge in [-0.15, -0.1) is 11.3 Å². The third-order valence-corrected chi connectivity index (χ3v) is 5.69. The number of imide groups is 1. The lowest BCUT2D eigenvalue weighted by atomic mass is 10.1. The first kappa shape index (κ1) is 17.5. The second kappa shape index (κ2) is 7.02. The number of carbonyl (C=O) groups is 2. The van der Waals surface area contributed by atoms with Crippen LogP contribution in [0.4, 0.5) is 11.4 Å². The summed E-state index contributed by atoms with van der Waals surface area (Å²) in [6.07, 6.45) is 0. The van der Waals surface area contributed by atoms with E-state index in [1.807, 2.05) is 36.6 Å². The molecule has 4 nitrogen and oxygen atoms in total. The second-order valence-electron chi connectivity index (χ2n) is 6.05. The molecule has 1 aliphatic heterocycles. The zero-order valence-electron chi connectivity index (χ0n) is 14.4. The molecule has 0 saturated carbocycles. The number of halogens is 1. The fraction of sp³-hybridized carbons (Fsp3) is 0.0476. The Kier molecular flexibility index (Phi) is 4.56. The van der Waals surface area contributed by atoms with Crippen molar-refractivity contribution in [3.63, 3.8) is 0 Å². The van der Waals surface area contributed by atoms with E-state index in [1.165, 1.54) is 16.2 Å². The summed E-state index contributed by atoms with van der Waals surface area (Å²) in [5, 5.41) is 5.63. The molecule has 0 aliphatic carbocycles. The van der Waals surface area contributed by atoms with Crippen LogP contribution in [0.25, 0.3) is 5.57 Å². The fourth-order valence-electron chi connectivity index (χ4n) is 2.98. The predicted octanol–water partition coefficient (Wildman–Crippen LogP) is 5.11. The van der Waals surface area contributed by atoms with Gasteiger partial charge in [-0.2, -0.15) is 0 Å². The molecular weight excluding hydrogens is 380 g/mol.